The molecule has 0 bridgehead atoms. The number of benzene rings is 1. The van der Waals surface area contributed by atoms with Gasteiger partial charge in [0.25, 0.3) is 0 Å². The summed E-state index contributed by atoms with van der Waals surface area (Å²) in [5.41, 5.74) is 1.98. The van der Waals surface area contributed by atoms with Crippen LogP contribution < -0.4 is 10.6 Å². The van der Waals surface area contributed by atoms with Gasteiger partial charge in [-0.1, -0.05) is 29.8 Å². The van der Waals surface area contributed by atoms with Crippen LogP contribution in [-0.4, -0.2) is 24.3 Å². The fraction of sp³-hybridized carbons (Fsp3) is 0.588. The number of aryl methyl sites for hydroxylation is 1. The first kappa shape index (κ1) is 15.8. The summed E-state index contributed by atoms with van der Waals surface area (Å²) in [5.74, 6) is 0. The minimum Gasteiger partial charge on any atom is -0.444 e. The van der Waals surface area contributed by atoms with Crippen LogP contribution in [0.3, 0.4) is 0 Å². The molecule has 2 atom stereocenters. The van der Waals surface area contributed by atoms with Crippen LogP contribution in [0.4, 0.5) is 4.79 Å². The van der Waals surface area contributed by atoms with E-state index in [1.807, 2.05) is 20.8 Å². The number of nitrogens with one attached hydrogen (secondary N) is 2. The van der Waals surface area contributed by atoms with Crippen LogP contribution in [0.25, 0.3) is 0 Å². The molecule has 0 radical (unpaired) electrons. The third-order valence-corrected chi connectivity index (χ3v) is 3.56. The molecule has 4 nitrogen and oxygen atoms in total. The molecule has 2 rings (SSSR count). The van der Waals surface area contributed by atoms with Gasteiger partial charge in [0.2, 0.25) is 0 Å². The Bertz CT molecular complexity index is 494. The number of carbonyl (C=O) groups is 1. The minimum atomic E-state index is -0.467. The van der Waals surface area contributed by atoms with Gasteiger partial charge in [0.1, 0.15) is 5.60 Å². The van der Waals surface area contributed by atoms with Crippen molar-refractivity contribution in [2.24, 2.45) is 0 Å². The van der Waals surface area contributed by atoms with Crippen LogP contribution in [0.15, 0.2) is 24.3 Å². The van der Waals surface area contributed by atoms with E-state index in [-0.39, 0.29) is 18.2 Å². The molecule has 1 saturated heterocycles. The van der Waals surface area contributed by atoms with E-state index in [1.54, 1.807) is 0 Å². The highest BCUT2D eigenvalue weighted by atomic mass is 16.6. The molecule has 1 fully saturated rings. The van der Waals surface area contributed by atoms with Crippen LogP contribution in [0, 0.1) is 6.92 Å². The summed E-state index contributed by atoms with van der Waals surface area (Å²) in [6, 6.07) is 8.64. The first-order chi connectivity index (χ1) is 9.85. The average molecular weight is 290 g/mol. The molecule has 0 aromatic heterocycles. The molecule has 2 unspecified atom stereocenters. The van der Waals surface area contributed by atoms with Crippen LogP contribution in [0.5, 0.6) is 0 Å². The van der Waals surface area contributed by atoms with Crippen molar-refractivity contribution in [3.63, 3.8) is 0 Å². The van der Waals surface area contributed by atoms with Crippen LogP contribution in [-0.2, 0) is 4.74 Å². The molecular weight excluding hydrogens is 264 g/mol. The molecule has 0 aliphatic carbocycles. The summed E-state index contributed by atoms with van der Waals surface area (Å²) in [6.45, 7) is 8.70. The van der Waals surface area contributed by atoms with Gasteiger partial charge in [-0.25, -0.2) is 4.79 Å². The second-order valence-corrected chi connectivity index (χ2v) is 6.74. The zero-order valence-electron chi connectivity index (χ0n) is 13.4. The van der Waals surface area contributed by atoms with Gasteiger partial charge in [0, 0.05) is 0 Å². The van der Waals surface area contributed by atoms with Crippen molar-refractivity contribution in [1.82, 2.24) is 10.6 Å². The Balaban J connectivity index is 2.07. The van der Waals surface area contributed by atoms with Gasteiger partial charge in [0.05, 0.1) is 12.1 Å². The molecular formula is C17H26N2O2. The van der Waals surface area contributed by atoms with Crippen molar-refractivity contribution in [3.8, 4) is 0 Å². The van der Waals surface area contributed by atoms with Crippen molar-refractivity contribution in [2.45, 2.75) is 58.2 Å². The Kier molecular flexibility index (Phi) is 4.88. The van der Waals surface area contributed by atoms with Crippen LogP contribution in [0.1, 0.15) is 50.8 Å². The van der Waals surface area contributed by atoms with Crippen molar-refractivity contribution >= 4 is 6.09 Å². The number of ether oxygens (including phenoxy) is 1. The van der Waals surface area contributed by atoms with Crippen molar-refractivity contribution in [1.29, 1.82) is 0 Å². The van der Waals surface area contributed by atoms with Gasteiger partial charge in [0.15, 0.2) is 0 Å². The van der Waals surface area contributed by atoms with E-state index in [1.165, 1.54) is 11.1 Å². The van der Waals surface area contributed by atoms with Gasteiger partial charge >= 0.3 is 6.09 Å². The Labute approximate surface area is 127 Å². The number of alkyl carbamates (subject to hydrolysis) is 1. The predicted molar refractivity (Wildman–Crippen MR) is 84.3 cm³/mol. The molecule has 2 N–H and O–H groups in total. The Morgan fingerprint density at radius 3 is 2.81 bits per heavy atom. The molecule has 4 heteroatoms. The highest BCUT2D eigenvalue weighted by Crippen LogP contribution is 2.24. The number of hydrogen-bond acceptors (Lipinski definition) is 3. The summed E-state index contributed by atoms with van der Waals surface area (Å²) in [6.07, 6.45) is 1.68. The predicted octanol–water partition coefficient (Wildman–Crippen LogP) is 3.31. The lowest BCUT2D eigenvalue weighted by Crippen LogP contribution is -2.49. The number of hydrogen-bond donors (Lipinski definition) is 2. The van der Waals surface area contributed by atoms with Crippen molar-refractivity contribution in [3.05, 3.63) is 35.4 Å². The van der Waals surface area contributed by atoms with E-state index in [0.29, 0.717) is 0 Å². The lowest BCUT2D eigenvalue weighted by molar-refractivity contribution is 0.0481. The smallest absolute Gasteiger partial charge is 0.407 e. The monoisotopic (exact) mass is 290 g/mol. The third-order valence-electron chi connectivity index (χ3n) is 3.56. The van der Waals surface area contributed by atoms with E-state index in [9.17, 15) is 4.79 Å². The second-order valence-electron chi connectivity index (χ2n) is 6.74. The Hall–Kier alpha value is -1.55. The van der Waals surface area contributed by atoms with Gasteiger partial charge in [-0.2, -0.15) is 0 Å². The lowest BCUT2D eigenvalue weighted by Gasteiger charge is -2.34. The molecule has 1 aromatic rings. The lowest BCUT2D eigenvalue weighted by atomic mass is 9.91. The molecule has 1 aliphatic rings. The van der Waals surface area contributed by atoms with Crippen LogP contribution >= 0.6 is 0 Å². The second kappa shape index (κ2) is 6.48. The minimum absolute atomic E-state index is 0.0652. The van der Waals surface area contributed by atoms with E-state index >= 15 is 0 Å². The quantitative estimate of drug-likeness (QED) is 0.878. The van der Waals surface area contributed by atoms with Gasteiger partial charge < -0.3 is 15.4 Å². The SMILES string of the molecule is Cc1cccc(C2NCCCC2NC(=O)OC(C)(C)C)c1. The summed E-state index contributed by atoms with van der Waals surface area (Å²) in [4.78, 5) is 12.0. The van der Waals surface area contributed by atoms with Gasteiger partial charge in [-0.15, -0.1) is 0 Å². The standard InChI is InChI=1S/C17H26N2O2/c1-12-7-5-8-13(11-12)15-14(9-6-10-18-15)19-16(20)21-17(2,3)4/h5,7-8,11,14-15,18H,6,9-10H2,1-4H3,(H,19,20). The normalized spacial score (nSPS) is 22.7. The molecule has 21 heavy (non-hydrogen) atoms. The molecule has 0 spiro atoms. The Morgan fingerprint density at radius 2 is 2.14 bits per heavy atom. The van der Waals surface area contributed by atoms with E-state index < -0.39 is 5.60 Å². The van der Waals surface area contributed by atoms with Crippen molar-refractivity contribution < 1.29 is 9.53 Å². The molecule has 116 valence electrons. The maximum Gasteiger partial charge on any atom is 0.407 e. The zero-order chi connectivity index (χ0) is 15.5. The van der Waals surface area contributed by atoms with Crippen LogP contribution in [0.2, 0.25) is 0 Å². The largest absolute Gasteiger partial charge is 0.444 e. The summed E-state index contributed by atoms with van der Waals surface area (Å²) < 4.78 is 5.37. The summed E-state index contributed by atoms with van der Waals surface area (Å²) in [5, 5.41) is 6.53. The maximum absolute atomic E-state index is 12.0. The third kappa shape index (κ3) is 4.74. The number of rotatable bonds is 2. The number of carbonyl (C=O) groups excluding carboxylic acids is 1. The summed E-state index contributed by atoms with van der Waals surface area (Å²) in [7, 11) is 0. The molecule has 1 aromatic carbocycles. The first-order valence-electron chi connectivity index (χ1n) is 7.64. The average Bonchev–Trinajstić information content (AvgIpc) is 2.37. The fourth-order valence-corrected chi connectivity index (χ4v) is 2.72. The van der Waals surface area contributed by atoms with E-state index in [4.69, 9.17) is 4.74 Å². The maximum atomic E-state index is 12.0. The highest BCUT2D eigenvalue weighted by molar-refractivity contribution is 5.68. The molecule has 1 aliphatic heterocycles. The number of amides is 1. The fourth-order valence-electron chi connectivity index (χ4n) is 2.72. The Morgan fingerprint density at radius 1 is 1.38 bits per heavy atom. The van der Waals surface area contributed by atoms with Crippen molar-refractivity contribution in [2.75, 3.05) is 6.54 Å². The first-order valence-corrected chi connectivity index (χ1v) is 7.64. The number of piperidine rings is 1. The summed E-state index contributed by atoms with van der Waals surface area (Å²) >= 11 is 0. The highest BCUT2D eigenvalue weighted by Gasteiger charge is 2.29. The molecule has 0 saturated carbocycles. The van der Waals surface area contributed by atoms with E-state index in [2.05, 4.69) is 41.8 Å². The zero-order valence-corrected chi connectivity index (χ0v) is 13.4. The molecule has 1 heterocycles. The van der Waals surface area contributed by atoms with Gasteiger partial charge in [-0.3, -0.25) is 0 Å². The van der Waals surface area contributed by atoms with Gasteiger partial charge in [-0.05, 0) is 52.6 Å². The van der Waals surface area contributed by atoms with E-state index in [0.717, 1.165) is 19.4 Å². The topological polar surface area (TPSA) is 50.4 Å². The molecule has 1 amide bonds.